The Hall–Kier alpha value is -1.84. The van der Waals surface area contributed by atoms with Gasteiger partial charge in [0.2, 0.25) is 0 Å². The van der Waals surface area contributed by atoms with E-state index in [4.69, 9.17) is 9.47 Å². The first-order chi connectivity index (χ1) is 9.58. The van der Waals surface area contributed by atoms with Crippen molar-refractivity contribution in [2.75, 3.05) is 13.2 Å². The summed E-state index contributed by atoms with van der Waals surface area (Å²) in [5, 5.41) is 0. The summed E-state index contributed by atoms with van der Waals surface area (Å²) in [7, 11) is 0. The summed E-state index contributed by atoms with van der Waals surface area (Å²) in [5.41, 5.74) is 1.41. The highest BCUT2D eigenvalue weighted by molar-refractivity contribution is 6.06. The number of ether oxygens (including phenoxy) is 2. The molecule has 0 aromatic heterocycles. The van der Waals surface area contributed by atoms with Gasteiger partial charge in [-0.1, -0.05) is 13.3 Å². The van der Waals surface area contributed by atoms with Gasteiger partial charge < -0.3 is 9.47 Å². The number of carbonyl (C=O) groups is 2. The Morgan fingerprint density at radius 2 is 1.95 bits per heavy atom. The third-order valence-corrected chi connectivity index (χ3v) is 2.86. The maximum Gasteiger partial charge on any atom is 0.313 e. The van der Waals surface area contributed by atoms with Gasteiger partial charge in [-0.25, -0.2) is 0 Å². The van der Waals surface area contributed by atoms with Crippen LogP contribution in [0.15, 0.2) is 18.2 Å². The van der Waals surface area contributed by atoms with Gasteiger partial charge in [-0.15, -0.1) is 0 Å². The van der Waals surface area contributed by atoms with Crippen molar-refractivity contribution in [3.63, 3.8) is 0 Å². The second-order valence-electron chi connectivity index (χ2n) is 4.59. The summed E-state index contributed by atoms with van der Waals surface area (Å²) in [6, 6.07) is 5.22. The fourth-order valence-electron chi connectivity index (χ4n) is 1.76. The molecule has 4 heteroatoms. The molecule has 0 heterocycles. The van der Waals surface area contributed by atoms with Gasteiger partial charge in [-0.2, -0.15) is 0 Å². The molecule has 110 valence electrons. The van der Waals surface area contributed by atoms with Crippen LogP contribution in [0.4, 0.5) is 0 Å². The van der Waals surface area contributed by atoms with Gasteiger partial charge >= 0.3 is 5.97 Å². The number of aryl methyl sites for hydroxylation is 1. The summed E-state index contributed by atoms with van der Waals surface area (Å²) in [6.07, 6.45) is 1.86. The van der Waals surface area contributed by atoms with Gasteiger partial charge in [0.1, 0.15) is 12.2 Å². The average molecular weight is 278 g/mol. The molecule has 0 spiro atoms. The Balaban J connectivity index is 2.66. The Kier molecular flexibility index (Phi) is 6.77. The largest absolute Gasteiger partial charge is 0.493 e. The minimum Gasteiger partial charge on any atom is -0.493 e. The zero-order valence-electron chi connectivity index (χ0n) is 12.4. The maximum absolute atomic E-state index is 11.9. The van der Waals surface area contributed by atoms with E-state index in [9.17, 15) is 9.59 Å². The molecular weight excluding hydrogens is 256 g/mol. The predicted octanol–water partition coefficient (Wildman–Crippen LogP) is 3.31. The highest BCUT2D eigenvalue weighted by Gasteiger charge is 2.13. The Morgan fingerprint density at radius 3 is 2.55 bits per heavy atom. The molecule has 0 atom stereocenters. The van der Waals surface area contributed by atoms with E-state index in [-0.39, 0.29) is 18.8 Å². The number of carbonyl (C=O) groups excluding carboxylic acids is 2. The second-order valence-corrected chi connectivity index (χ2v) is 4.59. The molecule has 0 fully saturated rings. The number of benzene rings is 1. The number of hydrogen-bond donors (Lipinski definition) is 0. The second kappa shape index (κ2) is 8.35. The fraction of sp³-hybridized carbons (Fsp3) is 0.500. The maximum atomic E-state index is 11.9. The lowest BCUT2D eigenvalue weighted by Crippen LogP contribution is -2.11. The number of Topliss-reactive ketones (excluding diaryl/α,β-unsaturated/α-hetero) is 1. The molecule has 20 heavy (non-hydrogen) atoms. The lowest BCUT2D eigenvalue weighted by atomic mass is 10.1. The molecule has 0 saturated heterocycles. The predicted molar refractivity (Wildman–Crippen MR) is 77.2 cm³/mol. The van der Waals surface area contributed by atoms with Gasteiger partial charge in [0.25, 0.3) is 0 Å². The topological polar surface area (TPSA) is 52.6 Å². The smallest absolute Gasteiger partial charge is 0.313 e. The highest BCUT2D eigenvalue weighted by atomic mass is 16.5. The highest BCUT2D eigenvalue weighted by Crippen LogP contribution is 2.20. The molecule has 0 aliphatic heterocycles. The van der Waals surface area contributed by atoms with Gasteiger partial charge in [-0.3, -0.25) is 9.59 Å². The van der Waals surface area contributed by atoms with Crippen LogP contribution in [0.1, 0.15) is 49.0 Å². The van der Waals surface area contributed by atoms with Gasteiger partial charge in [0, 0.05) is 5.56 Å². The molecule has 1 aromatic carbocycles. The molecule has 0 aliphatic rings. The van der Waals surface area contributed by atoms with Crippen LogP contribution < -0.4 is 4.74 Å². The molecule has 0 N–H and O–H groups in total. The summed E-state index contributed by atoms with van der Waals surface area (Å²) < 4.78 is 10.4. The SMILES string of the molecule is CCCCOc1ccc(C(=O)CC(=O)OCC)cc1C. The van der Waals surface area contributed by atoms with Crippen molar-refractivity contribution in [1.29, 1.82) is 0 Å². The van der Waals surface area contributed by atoms with Crippen molar-refractivity contribution in [3.05, 3.63) is 29.3 Å². The molecule has 0 aliphatic carbocycles. The van der Waals surface area contributed by atoms with E-state index < -0.39 is 5.97 Å². The third-order valence-electron chi connectivity index (χ3n) is 2.86. The van der Waals surface area contributed by atoms with Crippen LogP contribution in [-0.2, 0) is 9.53 Å². The number of rotatable bonds is 8. The Bertz CT molecular complexity index is 466. The summed E-state index contributed by atoms with van der Waals surface area (Å²) in [6.45, 7) is 6.67. The summed E-state index contributed by atoms with van der Waals surface area (Å²) in [4.78, 5) is 23.2. The molecule has 0 radical (unpaired) electrons. The zero-order valence-corrected chi connectivity index (χ0v) is 12.4. The van der Waals surface area contributed by atoms with Gasteiger partial charge in [0.05, 0.1) is 13.2 Å². The molecule has 0 saturated carbocycles. The first kappa shape index (κ1) is 16.2. The lowest BCUT2D eigenvalue weighted by Gasteiger charge is -2.10. The molecule has 0 bridgehead atoms. The average Bonchev–Trinajstić information content (AvgIpc) is 2.41. The first-order valence-electron chi connectivity index (χ1n) is 7.00. The number of unbranched alkanes of at least 4 members (excludes halogenated alkanes) is 1. The Labute approximate surface area is 120 Å². The molecule has 4 nitrogen and oxygen atoms in total. The lowest BCUT2D eigenvalue weighted by molar-refractivity contribution is -0.141. The summed E-state index contributed by atoms with van der Waals surface area (Å²) in [5.74, 6) is 0.0659. The van der Waals surface area contributed by atoms with Crippen LogP contribution in [0.3, 0.4) is 0 Å². The van der Waals surface area contributed by atoms with Crippen molar-refractivity contribution < 1.29 is 19.1 Å². The Morgan fingerprint density at radius 1 is 1.20 bits per heavy atom. The van der Waals surface area contributed by atoms with Crippen LogP contribution in [0, 0.1) is 6.92 Å². The van der Waals surface area contributed by atoms with Crippen molar-refractivity contribution in [1.82, 2.24) is 0 Å². The first-order valence-corrected chi connectivity index (χ1v) is 7.00. The van der Waals surface area contributed by atoms with Crippen LogP contribution in [0.2, 0.25) is 0 Å². The standard InChI is InChI=1S/C16H22O4/c1-4-6-9-20-15-8-7-13(10-12(15)3)14(17)11-16(18)19-5-2/h7-8,10H,4-6,9,11H2,1-3H3. The zero-order chi connectivity index (χ0) is 15.0. The summed E-state index contributed by atoms with van der Waals surface area (Å²) >= 11 is 0. The normalized spacial score (nSPS) is 10.2. The monoisotopic (exact) mass is 278 g/mol. The van der Waals surface area contributed by atoms with Gasteiger partial charge in [-0.05, 0) is 44.0 Å². The molecular formula is C16H22O4. The van der Waals surface area contributed by atoms with E-state index in [0.29, 0.717) is 12.2 Å². The van der Waals surface area contributed by atoms with Crippen molar-refractivity contribution in [2.24, 2.45) is 0 Å². The molecule has 0 amide bonds. The van der Waals surface area contributed by atoms with Crippen LogP contribution in [0.25, 0.3) is 0 Å². The minimum absolute atomic E-state index is 0.219. The fourth-order valence-corrected chi connectivity index (χ4v) is 1.76. The van der Waals surface area contributed by atoms with E-state index in [1.165, 1.54) is 0 Å². The molecule has 1 aromatic rings. The number of ketones is 1. The van der Waals surface area contributed by atoms with Crippen molar-refractivity contribution >= 4 is 11.8 Å². The van der Waals surface area contributed by atoms with Crippen molar-refractivity contribution in [3.8, 4) is 5.75 Å². The van der Waals surface area contributed by atoms with E-state index in [1.807, 2.05) is 6.92 Å². The number of hydrogen-bond acceptors (Lipinski definition) is 4. The molecule has 1 rings (SSSR count). The van der Waals surface area contributed by atoms with E-state index in [1.54, 1.807) is 25.1 Å². The van der Waals surface area contributed by atoms with Crippen molar-refractivity contribution in [2.45, 2.75) is 40.0 Å². The van der Waals surface area contributed by atoms with Crippen LogP contribution in [0.5, 0.6) is 5.75 Å². The van der Waals surface area contributed by atoms with Crippen LogP contribution in [-0.4, -0.2) is 25.0 Å². The molecule has 0 unspecified atom stereocenters. The van der Waals surface area contributed by atoms with Gasteiger partial charge in [0.15, 0.2) is 5.78 Å². The van der Waals surface area contributed by atoms with E-state index >= 15 is 0 Å². The van der Waals surface area contributed by atoms with E-state index in [2.05, 4.69) is 6.92 Å². The minimum atomic E-state index is -0.488. The van der Waals surface area contributed by atoms with Crippen LogP contribution >= 0.6 is 0 Å². The van der Waals surface area contributed by atoms with E-state index in [0.717, 1.165) is 24.2 Å². The quantitative estimate of drug-likeness (QED) is 0.317. The third kappa shape index (κ3) is 5.03. The number of esters is 1.